The number of carbonyl (C=O) groups excluding carboxylic acids is 2. The van der Waals surface area contributed by atoms with E-state index in [1.54, 1.807) is 5.38 Å². The fourth-order valence-corrected chi connectivity index (χ4v) is 3.98. The van der Waals surface area contributed by atoms with Crippen LogP contribution >= 0.6 is 11.3 Å². The highest BCUT2D eigenvalue weighted by molar-refractivity contribution is 7.13. The van der Waals surface area contributed by atoms with Crippen LogP contribution < -0.4 is 5.32 Å². The van der Waals surface area contributed by atoms with Crippen molar-refractivity contribution in [3.05, 3.63) is 76.8 Å². The Morgan fingerprint density at radius 2 is 1.89 bits per heavy atom. The Labute approximate surface area is 163 Å². The zero-order valence-electron chi connectivity index (χ0n) is 14.8. The average Bonchev–Trinajstić information content (AvgIpc) is 3.24. The number of nitrogens with zero attached hydrogens (tertiary/aromatic N) is 2. The molecule has 1 aliphatic heterocycles. The molecule has 1 aromatic heterocycles. The lowest BCUT2D eigenvalue weighted by Crippen LogP contribution is -2.41. The maximum atomic E-state index is 14.2. The van der Waals surface area contributed by atoms with Crippen molar-refractivity contribution in [3.63, 3.8) is 0 Å². The monoisotopic (exact) mass is 399 g/mol. The molecule has 0 aliphatic carbocycles. The van der Waals surface area contributed by atoms with Gasteiger partial charge in [0.2, 0.25) is 0 Å². The van der Waals surface area contributed by atoms with Gasteiger partial charge in [-0.1, -0.05) is 30.3 Å². The molecule has 0 spiro atoms. The van der Waals surface area contributed by atoms with Gasteiger partial charge in [0.05, 0.1) is 12.2 Å². The third-order valence-electron chi connectivity index (χ3n) is 4.63. The lowest BCUT2D eigenvalue weighted by Gasteiger charge is -2.22. The summed E-state index contributed by atoms with van der Waals surface area (Å²) >= 11 is 1.40. The summed E-state index contributed by atoms with van der Waals surface area (Å²) in [5.74, 6) is -2.11. The van der Waals surface area contributed by atoms with Crippen LogP contribution in [0.15, 0.2) is 53.9 Å². The van der Waals surface area contributed by atoms with Crippen molar-refractivity contribution >= 4 is 23.3 Å². The Kier molecular flexibility index (Phi) is 4.43. The van der Waals surface area contributed by atoms with Crippen molar-refractivity contribution in [2.75, 3.05) is 0 Å². The van der Waals surface area contributed by atoms with Gasteiger partial charge in [-0.05, 0) is 25.1 Å². The van der Waals surface area contributed by atoms with Gasteiger partial charge in [-0.3, -0.25) is 9.69 Å². The Morgan fingerprint density at radius 3 is 2.64 bits per heavy atom. The largest absolute Gasteiger partial charge is 0.325 e. The third kappa shape index (κ3) is 3.05. The Hall–Kier alpha value is -3.13. The number of carbonyl (C=O) groups is 2. The summed E-state index contributed by atoms with van der Waals surface area (Å²) in [5.41, 5.74) is -0.419. The van der Waals surface area contributed by atoms with Crippen LogP contribution in [0.5, 0.6) is 0 Å². The van der Waals surface area contributed by atoms with Crippen LogP contribution in [0.4, 0.5) is 13.6 Å². The highest BCUT2D eigenvalue weighted by atomic mass is 32.1. The minimum absolute atomic E-state index is 0.0550. The molecule has 0 unspecified atom stereocenters. The molecule has 0 saturated carbocycles. The number of halogens is 2. The van der Waals surface area contributed by atoms with Gasteiger partial charge in [-0.25, -0.2) is 18.6 Å². The number of aromatic nitrogens is 1. The smallest absolute Gasteiger partial charge is 0.319 e. The molecule has 1 fully saturated rings. The Balaban J connectivity index is 1.60. The van der Waals surface area contributed by atoms with E-state index in [0.29, 0.717) is 5.69 Å². The maximum absolute atomic E-state index is 14.2. The number of urea groups is 1. The summed E-state index contributed by atoms with van der Waals surface area (Å²) in [6, 6.07) is 11.7. The molecule has 3 aromatic rings. The third-order valence-corrected chi connectivity index (χ3v) is 5.57. The van der Waals surface area contributed by atoms with E-state index >= 15 is 0 Å². The summed E-state index contributed by atoms with van der Waals surface area (Å²) in [6.45, 7) is 1.31. The molecule has 8 heteroatoms. The topological polar surface area (TPSA) is 62.3 Å². The van der Waals surface area contributed by atoms with E-state index in [0.717, 1.165) is 33.7 Å². The Bertz CT molecular complexity index is 1070. The highest BCUT2D eigenvalue weighted by Gasteiger charge is 2.50. The zero-order chi connectivity index (χ0) is 19.9. The molecule has 28 heavy (non-hydrogen) atoms. The van der Waals surface area contributed by atoms with E-state index in [9.17, 15) is 18.4 Å². The quantitative estimate of drug-likeness (QED) is 0.673. The molecule has 1 N–H and O–H groups in total. The molecule has 0 radical (unpaired) electrons. The maximum Gasteiger partial charge on any atom is 0.325 e. The molecule has 2 aromatic carbocycles. The van der Waals surface area contributed by atoms with Gasteiger partial charge in [0.15, 0.2) is 0 Å². The first kappa shape index (κ1) is 18.2. The SMILES string of the molecule is C[C@]1(c2cc(F)ccc2F)NC(=O)N(Cc2csc(-c3ccccc3)n2)C1=O. The van der Waals surface area contributed by atoms with Crippen LogP contribution in [0, 0.1) is 11.6 Å². The Morgan fingerprint density at radius 1 is 1.14 bits per heavy atom. The number of amides is 3. The normalized spacial score (nSPS) is 19.2. The van der Waals surface area contributed by atoms with Crippen LogP contribution in [-0.2, 0) is 16.9 Å². The van der Waals surface area contributed by atoms with E-state index in [1.807, 2.05) is 30.3 Å². The molecule has 0 bridgehead atoms. The van der Waals surface area contributed by atoms with Gasteiger partial charge in [0.25, 0.3) is 5.91 Å². The number of hydrogen-bond acceptors (Lipinski definition) is 4. The molecular formula is C20H15F2N3O2S. The van der Waals surface area contributed by atoms with Crippen molar-refractivity contribution in [3.8, 4) is 10.6 Å². The number of hydrogen-bond donors (Lipinski definition) is 1. The molecule has 4 rings (SSSR count). The molecular weight excluding hydrogens is 384 g/mol. The molecule has 5 nitrogen and oxygen atoms in total. The minimum Gasteiger partial charge on any atom is -0.319 e. The fraction of sp³-hybridized carbons (Fsp3) is 0.150. The summed E-state index contributed by atoms with van der Waals surface area (Å²) in [4.78, 5) is 30.8. The summed E-state index contributed by atoms with van der Waals surface area (Å²) in [7, 11) is 0. The van der Waals surface area contributed by atoms with E-state index in [2.05, 4.69) is 10.3 Å². The van der Waals surface area contributed by atoms with Crippen molar-refractivity contribution in [1.29, 1.82) is 0 Å². The molecule has 3 amide bonds. The van der Waals surface area contributed by atoms with E-state index in [4.69, 9.17) is 0 Å². The zero-order valence-corrected chi connectivity index (χ0v) is 15.6. The van der Waals surface area contributed by atoms with Gasteiger partial charge in [0.1, 0.15) is 22.2 Å². The number of imide groups is 1. The van der Waals surface area contributed by atoms with E-state index < -0.39 is 29.1 Å². The second-order valence-electron chi connectivity index (χ2n) is 6.58. The molecule has 142 valence electrons. The second-order valence-corrected chi connectivity index (χ2v) is 7.44. The van der Waals surface area contributed by atoms with Gasteiger partial charge in [-0.15, -0.1) is 11.3 Å². The molecule has 2 heterocycles. The predicted molar refractivity (Wildman–Crippen MR) is 100 cm³/mol. The van der Waals surface area contributed by atoms with Crippen LogP contribution in [-0.4, -0.2) is 21.8 Å². The lowest BCUT2D eigenvalue weighted by molar-refractivity contribution is -0.131. The van der Waals surface area contributed by atoms with Gasteiger partial charge in [-0.2, -0.15) is 0 Å². The van der Waals surface area contributed by atoms with Crippen LogP contribution in [0.25, 0.3) is 10.6 Å². The molecule has 1 saturated heterocycles. The number of thiazole rings is 1. The number of nitrogens with one attached hydrogen (secondary N) is 1. The second kappa shape index (κ2) is 6.79. The van der Waals surface area contributed by atoms with Crippen LogP contribution in [0.2, 0.25) is 0 Å². The summed E-state index contributed by atoms with van der Waals surface area (Å²) in [6.07, 6.45) is 0. The first-order valence-corrected chi connectivity index (χ1v) is 9.36. The molecule has 1 aliphatic rings. The first-order valence-electron chi connectivity index (χ1n) is 8.48. The molecule has 1 atom stereocenters. The van der Waals surface area contributed by atoms with Crippen molar-refractivity contribution < 1.29 is 18.4 Å². The lowest BCUT2D eigenvalue weighted by atomic mass is 9.91. The average molecular weight is 399 g/mol. The van der Waals surface area contributed by atoms with Crippen molar-refractivity contribution in [2.45, 2.75) is 19.0 Å². The minimum atomic E-state index is -1.68. The van der Waals surface area contributed by atoms with Gasteiger partial charge >= 0.3 is 6.03 Å². The summed E-state index contributed by atoms with van der Waals surface area (Å²) < 4.78 is 27.8. The van der Waals surface area contributed by atoms with Crippen LogP contribution in [0.3, 0.4) is 0 Å². The predicted octanol–water partition coefficient (Wildman–Crippen LogP) is 4.06. The standard InChI is InChI=1S/C20H15F2N3O2S/c1-20(15-9-13(21)7-8-16(15)22)18(26)25(19(27)24-20)10-14-11-28-17(23-14)12-5-3-2-4-6-12/h2-9,11H,10H2,1H3,(H,24,27)/t20-/m1/s1. The fourth-order valence-electron chi connectivity index (χ4n) is 3.16. The first-order chi connectivity index (χ1) is 13.4. The highest BCUT2D eigenvalue weighted by Crippen LogP contribution is 2.32. The van der Waals surface area contributed by atoms with Gasteiger partial charge in [0, 0.05) is 16.5 Å². The van der Waals surface area contributed by atoms with Crippen LogP contribution in [0.1, 0.15) is 18.2 Å². The van der Waals surface area contributed by atoms with E-state index in [-0.39, 0.29) is 12.1 Å². The number of benzene rings is 2. The summed E-state index contributed by atoms with van der Waals surface area (Å²) in [5, 5.41) is 5.01. The van der Waals surface area contributed by atoms with Crippen molar-refractivity contribution in [2.24, 2.45) is 0 Å². The van der Waals surface area contributed by atoms with Crippen molar-refractivity contribution in [1.82, 2.24) is 15.2 Å². The number of rotatable bonds is 4. The van der Waals surface area contributed by atoms with E-state index in [1.165, 1.54) is 18.3 Å². The van der Waals surface area contributed by atoms with Gasteiger partial charge < -0.3 is 5.32 Å².